The van der Waals surface area contributed by atoms with Gasteiger partial charge in [0.2, 0.25) is 0 Å². The fourth-order valence-corrected chi connectivity index (χ4v) is 4.29. The van der Waals surface area contributed by atoms with Crippen LogP contribution in [0.3, 0.4) is 0 Å². The van der Waals surface area contributed by atoms with Crippen LogP contribution in [0.15, 0.2) is 24.3 Å². The summed E-state index contributed by atoms with van der Waals surface area (Å²) in [6, 6.07) is 7.76. The lowest BCUT2D eigenvalue weighted by atomic mass is 10.0. The number of rotatable bonds is 3. The normalized spacial score (nSPS) is 25.9. The Morgan fingerprint density at radius 1 is 1.04 bits per heavy atom. The molecule has 0 radical (unpaired) electrons. The third-order valence-corrected chi connectivity index (χ3v) is 5.87. The zero-order valence-corrected chi connectivity index (χ0v) is 13.7. The van der Waals surface area contributed by atoms with E-state index in [1.54, 1.807) is 0 Å². The second-order valence-corrected chi connectivity index (χ2v) is 7.56. The summed E-state index contributed by atoms with van der Waals surface area (Å²) in [5.74, 6) is 3.94. The average Bonchev–Trinajstić information content (AvgIpc) is 3.01. The SMILES string of the molecule is O=C(c1ccc(-c2n[nH]c(C3CC3)n2)cc1)N1C[C@H]2CCC[C@H]2C1. The fraction of sp³-hybridized carbons (Fsp3) is 0.526. The number of nitrogens with one attached hydrogen (secondary N) is 1. The van der Waals surface area contributed by atoms with E-state index in [9.17, 15) is 4.79 Å². The maximum atomic E-state index is 12.7. The summed E-state index contributed by atoms with van der Waals surface area (Å²) < 4.78 is 0. The summed E-state index contributed by atoms with van der Waals surface area (Å²) in [5.41, 5.74) is 1.74. The van der Waals surface area contributed by atoms with Gasteiger partial charge in [-0.25, -0.2) is 4.98 Å². The summed E-state index contributed by atoms with van der Waals surface area (Å²) in [7, 11) is 0. The first-order valence-electron chi connectivity index (χ1n) is 9.10. The van der Waals surface area contributed by atoms with Gasteiger partial charge in [0.25, 0.3) is 5.91 Å². The van der Waals surface area contributed by atoms with Crippen molar-refractivity contribution in [1.29, 1.82) is 0 Å². The van der Waals surface area contributed by atoms with Gasteiger partial charge in [-0.3, -0.25) is 9.89 Å². The van der Waals surface area contributed by atoms with Gasteiger partial charge in [0.05, 0.1) is 0 Å². The van der Waals surface area contributed by atoms with E-state index < -0.39 is 0 Å². The largest absolute Gasteiger partial charge is 0.338 e. The summed E-state index contributed by atoms with van der Waals surface area (Å²) in [6.07, 6.45) is 6.34. The Morgan fingerprint density at radius 2 is 1.75 bits per heavy atom. The van der Waals surface area contributed by atoms with E-state index in [1.165, 1.54) is 32.1 Å². The standard InChI is InChI=1S/C19H22N4O/c24-19(23-10-15-2-1-3-16(15)11-23)14-8-6-13(7-9-14)18-20-17(21-22-18)12-4-5-12/h6-9,12,15-16H,1-5,10-11H2,(H,20,21,22)/t15-,16+. The monoisotopic (exact) mass is 322 g/mol. The third kappa shape index (κ3) is 2.43. The van der Waals surface area contributed by atoms with Gasteiger partial charge in [-0.15, -0.1) is 0 Å². The van der Waals surface area contributed by atoms with Gasteiger partial charge in [-0.1, -0.05) is 18.6 Å². The Balaban J connectivity index is 1.31. The fourth-order valence-electron chi connectivity index (χ4n) is 4.29. The molecule has 2 aromatic rings. The van der Waals surface area contributed by atoms with Crippen LogP contribution in [0.5, 0.6) is 0 Å². The third-order valence-electron chi connectivity index (χ3n) is 5.87. The molecule has 2 saturated carbocycles. The summed E-state index contributed by atoms with van der Waals surface area (Å²) >= 11 is 0. The van der Waals surface area contributed by atoms with E-state index in [-0.39, 0.29) is 5.91 Å². The Hall–Kier alpha value is -2.17. The number of aromatic amines is 1. The number of carbonyl (C=O) groups excluding carboxylic acids is 1. The summed E-state index contributed by atoms with van der Waals surface area (Å²) in [4.78, 5) is 19.3. The number of H-pyrrole nitrogens is 1. The van der Waals surface area contributed by atoms with Crippen molar-refractivity contribution in [2.24, 2.45) is 11.8 Å². The number of likely N-dealkylation sites (tertiary alicyclic amines) is 1. The molecule has 1 saturated heterocycles. The first kappa shape index (κ1) is 14.2. The summed E-state index contributed by atoms with van der Waals surface area (Å²) in [6.45, 7) is 1.88. The van der Waals surface area contributed by atoms with Crippen LogP contribution in [-0.4, -0.2) is 39.1 Å². The molecule has 24 heavy (non-hydrogen) atoms. The smallest absolute Gasteiger partial charge is 0.253 e. The molecule has 3 aliphatic rings. The van der Waals surface area contributed by atoms with Crippen LogP contribution in [0.4, 0.5) is 0 Å². The minimum absolute atomic E-state index is 0.171. The van der Waals surface area contributed by atoms with E-state index in [0.717, 1.165) is 47.7 Å². The van der Waals surface area contributed by atoms with Crippen molar-refractivity contribution in [3.63, 3.8) is 0 Å². The molecule has 0 spiro atoms. The number of benzene rings is 1. The van der Waals surface area contributed by atoms with Crippen molar-refractivity contribution in [2.75, 3.05) is 13.1 Å². The zero-order valence-electron chi connectivity index (χ0n) is 13.7. The molecule has 3 fully saturated rings. The van der Waals surface area contributed by atoms with Gasteiger partial charge in [0.15, 0.2) is 5.82 Å². The number of fused-ring (bicyclic) bond motifs is 1. The number of amides is 1. The molecule has 1 aromatic carbocycles. The molecule has 5 nitrogen and oxygen atoms in total. The van der Waals surface area contributed by atoms with Crippen molar-refractivity contribution in [3.05, 3.63) is 35.7 Å². The molecule has 2 aliphatic carbocycles. The van der Waals surface area contributed by atoms with E-state index in [0.29, 0.717) is 5.92 Å². The van der Waals surface area contributed by atoms with Crippen LogP contribution in [0.25, 0.3) is 11.4 Å². The highest BCUT2D eigenvalue weighted by Gasteiger charge is 2.38. The number of aromatic nitrogens is 3. The van der Waals surface area contributed by atoms with E-state index >= 15 is 0 Å². The van der Waals surface area contributed by atoms with E-state index in [4.69, 9.17) is 0 Å². The van der Waals surface area contributed by atoms with Crippen LogP contribution in [-0.2, 0) is 0 Å². The molecular weight excluding hydrogens is 300 g/mol. The lowest BCUT2D eigenvalue weighted by Crippen LogP contribution is -2.29. The van der Waals surface area contributed by atoms with Crippen LogP contribution in [0.2, 0.25) is 0 Å². The molecule has 124 valence electrons. The molecule has 2 atom stereocenters. The van der Waals surface area contributed by atoms with Crippen LogP contribution >= 0.6 is 0 Å². The van der Waals surface area contributed by atoms with Crippen molar-refractivity contribution in [3.8, 4) is 11.4 Å². The Morgan fingerprint density at radius 3 is 2.42 bits per heavy atom. The molecule has 1 aromatic heterocycles. The van der Waals surface area contributed by atoms with Crippen molar-refractivity contribution in [2.45, 2.75) is 38.0 Å². The lowest BCUT2D eigenvalue weighted by molar-refractivity contribution is 0.0780. The van der Waals surface area contributed by atoms with Gasteiger partial charge in [-0.2, -0.15) is 5.10 Å². The maximum Gasteiger partial charge on any atom is 0.253 e. The van der Waals surface area contributed by atoms with Gasteiger partial charge in [0, 0.05) is 30.1 Å². The van der Waals surface area contributed by atoms with Crippen molar-refractivity contribution < 1.29 is 4.79 Å². The van der Waals surface area contributed by atoms with Crippen LogP contribution in [0.1, 0.15) is 54.2 Å². The predicted molar refractivity (Wildman–Crippen MR) is 90.5 cm³/mol. The highest BCUT2D eigenvalue weighted by Crippen LogP contribution is 2.39. The van der Waals surface area contributed by atoms with Gasteiger partial charge in [-0.05, 0) is 49.7 Å². The molecule has 2 heterocycles. The highest BCUT2D eigenvalue weighted by molar-refractivity contribution is 5.94. The Kier molecular flexibility index (Phi) is 3.21. The van der Waals surface area contributed by atoms with E-state index in [1.807, 2.05) is 29.2 Å². The molecular formula is C19H22N4O. The molecule has 1 N–H and O–H groups in total. The predicted octanol–water partition coefficient (Wildman–Crippen LogP) is 3.22. The zero-order chi connectivity index (χ0) is 16.1. The van der Waals surface area contributed by atoms with Crippen LogP contribution in [0, 0.1) is 11.8 Å². The molecule has 5 rings (SSSR count). The average molecular weight is 322 g/mol. The van der Waals surface area contributed by atoms with E-state index in [2.05, 4.69) is 15.2 Å². The molecule has 0 bridgehead atoms. The van der Waals surface area contributed by atoms with Gasteiger partial charge < -0.3 is 4.90 Å². The van der Waals surface area contributed by atoms with Gasteiger partial charge in [0.1, 0.15) is 5.82 Å². The Bertz CT molecular complexity index is 750. The Labute approximate surface area is 141 Å². The second-order valence-electron chi connectivity index (χ2n) is 7.56. The highest BCUT2D eigenvalue weighted by atomic mass is 16.2. The number of hydrogen-bond donors (Lipinski definition) is 1. The topological polar surface area (TPSA) is 61.9 Å². The first-order valence-corrected chi connectivity index (χ1v) is 9.10. The lowest BCUT2D eigenvalue weighted by Gasteiger charge is -2.17. The quantitative estimate of drug-likeness (QED) is 0.944. The second kappa shape index (κ2) is 5.43. The van der Waals surface area contributed by atoms with Crippen molar-refractivity contribution >= 4 is 5.91 Å². The molecule has 5 heteroatoms. The molecule has 1 aliphatic heterocycles. The first-order chi connectivity index (χ1) is 11.8. The minimum Gasteiger partial charge on any atom is -0.338 e. The number of carbonyl (C=O) groups is 1. The van der Waals surface area contributed by atoms with Crippen LogP contribution < -0.4 is 0 Å². The molecule has 0 unspecified atom stereocenters. The maximum absolute atomic E-state index is 12.7. The molecule has 1 amide bonds. The number of hydrogen-bond acceptors (Lipinski definition) is 3. The number of nitrogens with zero attached hydrogens (tertiary/aromatic N) is 3. The minimum atomic E-state index is 0.171. The van der Waals surface area contributed by atoms with Crippen molar-refractivity contribution in [1.82, 2.24) is 20.1 Å². The van der Waals surface area contributed by atoms with Gasteiger partial charge >= 0.3 is 0 Å². The summed E-state index contributed by atoms with van der Waals surface area (Å²) in [5, 5.41) is 7.34.